The highest BCUT2D eigenvalue weighted by Gasteiger charge is 2.33. The van der Waals surface area contributed by atoms with Gasteiger partial charge in [0.1, 0.15) is 0 Å². The molecule has 1 heterocycles. The Morgan fingerprint density at radius 2 is 2.04 bits per heavy atom. The van der Waals surface area contributed by atoms with E-state index in [1.54, 1.807) is 19.1 Å². The van der Waals surface area contributed by atoms with Crippen LogP contribution in [-0.4, -0.2) is 42.6 Å². The number of hydrogen-bond acceptors (Lipinski definition) is 5. The van der Waals surface area contributed by atoms with Crippen molar-refractivity contribution in [1.29, 1.82) is 0 Å². The molecule has 1 amide bonds. The van der Waals surface area contributed by atoms with E-state index in [0.717, 1.165) is 21.9 Å². The van der Waals surface area contributed by atoms with Crippen LogP contribution in [0.1, 0.15) is 40.5 Å². The zero-order valence-electron chi connectivity index (χ0n) is 14.0. The van der Waals surface area contributed by atoms with Gasteiger partial charge in [0.15, 0.2) is 0 Å². The highest BCUT2D eigenvalue weighted by molar-refractivity contribution is 7.88. The second-order valence-corrected chi connectivity index (χ2v) is 7.81. The molecule has 1 aliphatic rings. The van der Waals surface area contributed by atoms with Gasteiger partial charge in [-0.15, -0.1) is 0 Å². The molecule has 130 valence electrons. The number of carbonyl (C=O) groups is 1. The average molecular weight is 343 g/mol. The number of nitrogens with one attached hydrogen (secondary N) is 1. The molecule has 0 aromatic carbocycles. The lowest BCUT2D eigenvalue weighted by Crippen LogP contribution is -2.30. The van der Waals surface area contributed by atoms with E-state index in [1.807, 2.05) is 11.6 Å². The monoisotopic (exact) mass is 343 g/mol. The lowest BCUT2D eigenvalue weighted by molar-refractivity contribution is -0.118. The molecule has 23 heavy (non-hydrogen) atoms. The van der Waals surface area contributed by atoms with Crippen molar-refractivity contribution in [3.8, 4) is 0 Å². The Kier molecular flexibility index (Phi) is 6.96. The van der Waals surface area contributed by atoms with Gasteiger partial charge in [-0.2, -0.15) is 12.7 Å². The standard InChI is InChI=1S/C15H25N3O4S/c1-11(2)5-8-14(16-20)13(4)7-6-12(3)9-18-10-15(19)17-23(18,21)22/h6-7,11,20H,5,8-10H2,1-4H3,(H,17,19)/b12-6+,13-7+,16-14+. The van der Waals surface area contributed by atoms with E-state index in [-0.39, 0.29) is 13.1 Å². The summed E-state index contributed by atoms with van der Waals surface area (Å²) < 4.78 is 26.3. The zero-order chi connectivity index (χ0) is 17.6. The lowest BCUT2D eigenvalue weighted by atomic mass is 10.0. The van der Waals surface area contributed by atoms with Crippen molar-refractivity contribution in [3.63, 3.8) is 0 Å². The molecule has 0 aromatic heterocycles. The van der Waals surface area contributed by atoms with Gasteiger partial charge in [-0.25, -0.2) is 4.72 Å². The third-order valence-electron chi connectivity index (χ3n) is 3.48. The van der Waals surface area contributed by atoms with Crippen molar-refractivity contribution >= 4 is 21.8 Å². The van der Waals surface area contributed by atoms with Gasteiger partial charge >= 0.3 is 10.2 Å². The van der Waals surface area contributed by atoms with Crippen molar-refractivity contribution in [2.75, 3.05) is 13.1 Å². The summed E-state index contributed by atoms with van der Waals surface area (Å²) in [5.41, 5.74) is 2.23. The van der Waals surface area contributed by atoms with Crippen LogP contribution in [0.15, 0.2) is 28.5 Å². The molecule has 0 aromatic rings. The highest BCUT2D eigenvalue weighted by Crippen LogP contribution is 2.12. The van der Waals surface area contributed by atoms with Gasteiger partial charge in [-0.05, 0) is 38.2 Å². The number of rotatable bonds is 7. The minimum atomic E-state index is -3.70. The number of amides is 1. The predicted octanol–water partition coefficient (Wildman–Crippen LogP) is 1.82. The van der Waals surface area contributed by atoms with Gasteiger partial charge in [-0.1, -0.05) is 36.7 Å². The first-order valence-electron chi connectivity index (χ1n) is 7.51. The Hall–Kier alpha value is -1.67. The highest BCUT2D eigenvalue weighted by atomic mass is 32.2. The molecule has 0 aliphatic carbocycles. The van der Waals surface area contributed by atoms with Crippen LogP contribution in [0.4, 0.5) is 0 Å². The Morgan fingerprint density at radius 3 is 2.52 bits per heavy atom. The second kappa shape index (κ2) is 8.26. The average Bonchev–Trinajstić information content (AvgIpc) is 2.69. The number of oxime groups is 1. The summed E-state index contributed by atoms with van der Waals surface area (Å²) in [6.45, 7) is 7.81. The Balaban J connectivity index is 2.72. The van der Waals surface area contributed by atoms with Crippen LogP contribution in [0.2, 0.25) is 0 Å². The number of nitrogens with zero attached hydrogens (tertiary/aromatic N) is 2. The molecule has 1 rings (SSSR count). The molecule has 1 aliphatic heterocycles. The largest absolute Gasteiger partial charge is 0.411 e. The minimum Gasteiger partial charge on any atom is -0.411 e. The molecule has 0 saturated carbocycles. The molecule has 7 nitrogen and oxygen atoms in total. The molecule has 1 saturated heterocycles. The smallest absolute Gasteiger partial charge is 0.304 e. The van der Waals surface area contributed by atoms with E-state index < -0.39 is 16.1 Å². The predicted molar refractivity (Wildman–Crippen MR) is 89.4 cm³/mol. The summed E-state index contributed by atoms with van der Waals surface area (Å²) in [6.07, 6.45) is 5.17. The van der Waals surface area contributed by atoms with Gasteiger partial charge in [0.2, 0.25) is 5.91 Å². The molecule has 2 N–H and O–H groups in total. The molecular formula is C15H25N3O4S. The molecule has 1 fully saturated rings. The SMILES string of the molecule is C\C(=C/C=C(C)/C(CCC(C)C)=N/O)CN1CC(=O)NS1(=O)=O. The fourth-order valence-corrected chi connectivity index (χ4v) is 3.21. The van der Waals surface area contributed by atoms with Gasteiger partial charge in [0, 0.05) is 6.54 Å². The maximum atomic E-state index is 11.6. The van der Waals surface area contributed by atoms with Crippen LogP contribution >= 0.6 is 0 Å². The fraction of sp³-hybridized carbons (Fsp3) is 0.600. The number of allylic oxidation sites excluding steroid dienone is 3. The maximum absolute atomic E-state index is 11.6. The molecule has 0 atom stereocenters. The van der Waals surface area contributed by atoms with Crippen LogP contribution < -0.4 is 4.72 Å². The number of hydrogen-bond donors (Lipinski definition) is 2. The van der Waals surface area contributed by atoms with Crippen LogP contribution in [0.5, 0.6) is 0 Å². The van der Waals surface area contributed by atoms with Gasteiger partial charge < -0.3 is 5.21 Å². The summed E-state index contributed by atoms with van der Waals surface area (Å²) in [7, 11) is -3.70. The van der Waals surface area contributed by atoms with Gasteiger partial charge in [0.25, 0.3) is 0 Å². The van der Waals surface area contributed by atoms with E-state index in [1.165, 1.54) is 0 Å². The maximum Gasteiger partial charge on any atom is 0.304 e. The minimum absolute atomic E-state index is 0.141. The van der Waals surface area contributed by atoms with Crippen LogP contribution in [-0.2, 0) is 15.0 Å². The van der Waals surface area contributed by atoms with Crippen LogP contribution in [0.25, 0.3) is 0 Å². The Labute approximate surface area is 137 Å². The van der Waals surface area contributed by atoms with E-state index >= 15 is 0 Å². The van der Waals surface area contributed by atoms with Crippen LogP contribution in [0, 0.1) is 5.92 Å². The van der Waals surface area contributed by atoms with E-state index in [2.05, 4.69) is 19.0 Å². The molecule has 0 bridgehead atoms. The normalized spacial score (nSPS) is 20.2. The van der Waals surface area contributed by atoms with Crippen molar-refractivity contribution < 1.29 is 18.4 Å². The van der Waals surface area contributed by atoms with Crippen molar-refractivity contribution in [1.82, 2.24) is 9.03 Å². The van der Waals surface area contributed by atoms with Gasteiger partial charge in [0.05, 0.1) is 12.3 Å². The molecular weight excluding hydrogens is 318 g/mol. The summed E-state index contributed by atoms with van der Waals surface area (Å²) in [5.74, 6) is -0.00449. The first-order valence-corrected chi connectivity index (χ1v) is 8.95. The van der Waals surface area contributed by atoms with Crippen molar-refractivity contribution in [3.05, 3.63) is 23.3 Å². The lowest BCUT2D eigenvalue weighted by Gasteiger charge is -2.12. The fourth-order valence-electron chi connectivity index (χ4n) is 2.07. The third-order valence-corrected chi connectivity index (χ3v) is 4.90. The topological polar surface area (TPSA) is 99.1 Å². The zero-order valence-corrected chi connectivity index (χ0v) is 14.9. The third kappa shape index (κ3) is 6.15. The Morgan fingerprint density at radius 1 is 1.39 bits per heavy atom. The van der Waals surface area contributed by atoms with Crippen LogP contribution in [0.3, 0.4) is 0 Å². The molecule has 0 radical (unpaired) electrons. The van der Waals surface area contributed by atoms with E-state index in [0.29, 0.717) is 18.1 Å². The van der Waals surface area contributed by atoms with Crippen molar-refractivity contribution in [2.24, 2.45) is 11.1 Å². The number of carbonyl (C=O) groups excluding carboxylic acids is 1. The van der Waals surface area contributed by atoms with E-state index in [9.17, 15) is 13.2 Å². The summed E-state index contributed by atoms with van der Waals surface area (Å²) in [5, 5.41) is 12.4. The summed E-state index contributed by atoms with van der Waals surface area (Å²) in [4.78, 5) is 11.2. The first kappa shape index (κ1) is 19.4. The first-order chi connectivity index (χ1) is 10.7. The second-order valence-electron chi connectivity index (χ2n) is 6.14. The molecule has 8 heteroatoms. The van der Waals surface area contributed by atoms with Gasteiger partial charge in [-0.3, -0.25) is 4.79 Å². The molecule has 0 spiro atoms. The summed E-state index contributed by atoms with van der Waals surface area (Å²) >= 11 is 0. The van der Waals surface area contributed by atoms with Crippen molar-refractivity contribution in [2.45, 2.75) is 40.5 Å². The Bertz CT molecular complexity index is 633. The van der Waals surface area contributed by atoms with E-state index in [4.69, 9.17) is 5.21 Å². The molecule has 0 unspecified atom stereocenters. The quantitative estimate of drug-likeness (QED) is 0.319. The summed E-state index contributed by atoms with van der Waals surface area (Å²) in [6, 6.07) is 0.